The van der Waals surface area contributed by atoms with E-state index in [-0.39, 0.29) is 4.90 Å². The van der Waals surface area contributed by atoms with Crippen LogP contribution in [0.1, 0.15) is 11.1 Å². The Labute approximate surface area is 151 Å². The predicted molar refractivity (Wildman–Crippen MR) is 100 cm³/mol. The zero-order valence-electron chi connectivity index (χ0n) is 13.1. The summed E-state index contributed by atoms with van der Waals surface area (Å²) in [5.74, 6) is 0.693. The van der Waals surface area contributed by atoms with E-state index in [4.69, 9.17) is 11.6 Å². The topological polar surface area (TPSA) is 49.7 Å². The van der Waals surface area contributed by atoms with Crippen molar-refractivity contribution in [2.75, 3.05) is 13.1 Å². The molecule has 1 aliphatic rings. The van der Waals surface area contributed by atoms with E-state index < -0.39 is 10.0 Å². The molecule has 2 aromatic carbocycles. The lowest BCUT2D eigenvalue weighted by Crippen LogP contribution is -2.32. The van der Waals surface area contributed by atoms with Crippen molar-refractivity contribution in [3.05, 3.63) is 64.7 Å². The van der Waals surface area contributed by atoms with Gasteiger partial charge in [-0.3, -0.25) is 4.99 Å². The summed E-state index contributed by atoms with van der Waals surface area (Å²) in [6, 6.07) is 14.3. The van der Waals surface area contributed by atoms with Crippen molar-refractivity contribution in [2.24, 2.45) is 4.99 Å². The third-order valence-electron chi connectivity index (χ3n) is 3.78. The number of sulfonamides is 1. The molecule has 126 valence electrons. The van der Waals surface area contributed by atoms with E-state index in [0.29, 0.717) is 29.0 Å². The van der Waals surface area contributed by atoms with Gasteiger partial charge in [0, 0.05) is 10.8 Å². The maximum absolute atomic E-state index is 12.8. The molecule has 2 aromatic rings. The molecule has 24 heavy (non-hydrogen) atoms. The van der Waals surface area contributed by atoms with Gasteiger partial charge in [0.15, 0.2) is 5.17 Å². The Morgan fingerprint density at radius 2 is 1.88 bits per heavy atom. The third-order valence-corrected chi connectivity index (χ3v) is 7.02. The molecular formula is C17H17ClN2O2S2. The zero-order valence-corrected chi connectivity index (χ0v) is 15.5. The number of amidine groups is 1. The van der Waals surface area contributed by atoms with Crippen LogP contribution in [0.2, 0.25) is 5.02 Å². The van der Waals surface area contributed by atoms with Gasteiger partial charge in [-0.05, 0) is 42.3 Å². The van der Waals surface area contributed by atoms with Gasteiger partial charge in [0.25, 0.3) is 10.0 Å². The predicted octanol–water partition coefficient (Wildman–Crippen LogP) is 3.94. The molecule has 3 rings (SSSR count). The number of hydrogen-bond donors (Lipinski definition) is 0. The van der Waals surface area contributed by atoms with Crippen molar-refractivity contribution in [1.29, 1.82) is 0 Å². The average Bonchev–Trinajstić information content (AvgIpc) is 3.04. The molecule has 0 bridgehead atoms. The maximum atomic E-state index is 12.8. The van der Waals surface area contributed by atoms with E-state index >= 15 is 0 Å². The van der Waals surface area contributed by atoms with Crippen LogP contribution in [0.25, 0.3) is 0 Å². The second kappa shape index (κ2) is 7.17. The van der Waals surface area contributed by atoms with Gasteiger partial charge in [-0.2, -0.15) is 0 Å². The number of rotatable bonds is 4. The summed E-state index contributed by atoms with van der Waals surface area (Å²) in [4.78, 5) is 4.61. The molecule has 4 nitrogen and oxygen atoms in total. The van der Waals surface area contributed by atoms with Gasteiger partial charge in [0.2, 0.25) is 0 Å². The Hall–Kier alpha value is -1.50. The van der Waals surface area contributed by atoms with Crippen molar-refractivity contribution in [2.45, 2.75) is 17.6 Å². The highest BCUT2D eigenvalue weighted by atomic mass is 35.5. The molecule has 0 spiro atoms. The second-order valence-corrected chi connectivity index (χ2v) is 8.65. The average molecular weight is 381 g/mol. The van der Waals surface area contributed by atoms with Gasteiger partial charge < -0.3 is 0 Å². The highest BCUT2D eigenvalue weighted by molar-refractivity contribution is 8.14. The molecule has 0 radical (unpaired) electrons. The van der Waals surface area contributed by atoms with Crippen LogP contribution < -0.4 is 0 Å². The van der Waals surface area contributed by atoms with Gasteiger partial charge in [-0.15, -0.1) is 0 Å². The van der Waals surface area contributed by atoms with E-state index in [1.807, 2.05) is 12.1 Å². The molecule has 1 aliphatic heterocycles. The molecule has 0 saturated heterocycles. The summed E-state index contributed by atoms with van der Waals surface area (Å²) >= 11 is 7.30. The number of aryl methyl sites for hydroxylation is 1. The van der Waals surface area contributed by atoms with E-state index in [1.165, 1.54) is 39.3 Å². The summed E-state index contributed by atoms with van der Waals surface area (Å²) in [5.41, 5.74) is 2.37. The molecular weight excluding hydrogens is 364 g/mol. The monoisotopic (exact) mass is 380 g/mol. The number of thioether (sulfide) groups is 1. The number of halogens is 1. The Morgan fingerprint density at radius 3 is 2.58 bits per heavy atom. The van der Waals surface area contributed by atoms with E-state index in [2.05, 4.69) is 24.0 Å². The molecule has 7 heteroatoms. The summed E-state index contributed by atoms with van der Waals surface area (Å²) in [6.45, 7) is 2.92. The molecule has 0 atom stereocenters. The van der Waals surface area contributed by atoms with Crippen LogP contribution in [0.15, 0.2) is 58.4 Å². The lowest BCUT2D eigenvalue weighted by Gasteiger charge is -2.20. The van der Waals surface area contributed by atoms with Crippen molar-refractivity contribution < 1.29 is 8.42 Å². The summed E-state index contributed by atoms with van der Waals surface area (Å²) in [7, 11) is -3.60. The third kappa shape index (κ3) is 3.61. The lowest BCUT2D eigenvalue weighted by atomic mass is 10.1. The summed E-state index contributed by atoms with van der Waals surface area (Å²) in [5, 5.41) is 1.06. The van der Waals surface area contributed by atoms with Gasteiger partial charge in [0.05, 0.1) is 18.0 Å². The fourth-order valence-corrected chi connectivity index (χ4v) is 5.32. The van der Waals surface area contributed by atoms with E-state index in [0.717, 1.165) is 0 Å². The van der Waals surface area contributed by atoms with Crippen molar-refractivity contribution >= 4 is 38.6 Å². The first kappa shape index (κ1) is 17.3. The minimum absolute atomic E-state index is 0.234. The van der Waals surface area contributed by atoms with E-state index in [1.54, 1.807) is 12.1 Å². The first-order valence-corrected chi connectivity index (χ1v) is 10.3. The molecule has 0 unspecified atom stereocenters. The zero-order chi connectivity index (χ0) is 17.2. The Bertz CT molecular complexity index is 864. The van der Waals surface area contributed by atoms with Crippen LogP contribution >= 0.6 is 23.4 Å². The number of hydrogen-bond acceptors (Lipinski definition) is 4. The smallest absolute Gasteiger partial charge is 0.260 e. The quantitative estimate of drug-likeness (QED) is 0.807. The first-order valence-electron chi connectivity index (χ1n) is 7.48. The molecule has 0 fully saturated rings. The van der Waals surface area contributed by atoms with Gasteiger partial charge >= 0.3 is 0 Å². The molecule has 0 aromatic heterocycles. The number of benzene rings is 2. The maximum Gasteiger partial charge on any atom is 0.265 e. The first-order chi connectivity index (χ1) is 11.5. The Balaban J connectivity index is 1.78. The number of aliphatic imine (C=N–C) groups is 1. The van der Waals surface area contributed by atoms with Crippen LogP contribution in [-0.4, -0.2) is 31.0 Å². The minimum atomic E-state index is -3.60. The number of nitrogens with zero attached hydrogens (tertiary/aromatic N) is 2. The molecule has 1 heterocycles. The molecule has 0 saturated carbocycles. The molecule has 0 aliphatic carbocycles. The van der Waals surface area contributed by atoms with Gasteiger partial charge in [-0.25, -0.2) is 12.7 Å². The highest BCUT2D eigenvalue weighted by Gasteiger charge is 2.30. The fourth-order valence-electron chi connectivity index (χ4n) is 2.40. The fraction of sp³-hybridized carbons (Fsp3) is 0.235. The highest BCUT2D eigenvalue weighted by Crippen LogP contribution is 2.27. The van der Waals surface area contributed by atoms with Crippen molar-refractivity contribution in [3.8, 4) is 0 Å². The Morgan fingerprint density at radius 1 is 1.17 bits per heavy atom. The summed E-state index contributed by atoms with van der Waals surface area (Å²) in [6.07, 6.45) is 0. The van der Waals surface area contributed by atoms with Crippen molar-refractivity contribution in [1.82, 2.24) is 4.31 Å². The van der Waals surface area contributed by atoms with E-state index in [9.17, 15) is 8.42 Å². The minimum Gasteiger partial charge on any atom is -0.260 e. The van der Waals surface area contributed by atoms with Crippen molar-refractivity contribution in [3.63, 3.8) is 0 Å². The summed E-state index contributed by atoms with van der Waals surface area (Å²) < 4.78 is 27.0. The van der Waals surface area contributed by atoms with Gasteiger partial charge in [-0.1, -0.05) is 47.6 Å². The molecule has 0 amide bonds. The van der Waals surface area contributed by atoms with Crippen LogP contribution in [0.3, 0.4) is 0 Å². The van der Waals surface area contributed by atoms with Crippen LogP contribution in [0.4, 0.5) is 0 Å². The standard InChI is InChI=1S/C17H17ClN2O2S2/c1-13-4-2-3-5-14(13)12-23-17-19-10-11-20(17)24(21,22)16-8-6-15(18)7-9-16/h2-9H,10-12H2,1H3. The SMILES string of the molecule is Cc1ccccc1CSC1=NCCN1S(=O)(=O)c1ccc(Cl)cc1. The molecule has 0 N–H and O–H groups in total. The van der Waals surface area contributed by atoms with Crippen LogP contribution in [-0.2, 0) is 15.8 Å². The van der Waals surface area contributed by atoms with Crippen LogP contribution in [0.5, 0.6) is 0 Å². The lowest BCUT2D eigenvalue weighted by molar-refractivity contribution is 0.540. The van der Waals surface area contributed by atoms with Gasteiger partial charge in [0.1, 0.15) is 0 Å². The largest absolute Gasteiger partial charge is 0.265 e. The van der Waals surface area contributed by atoms with Crippen LogP contribution in [0, 0.1) is 6.92 Å². The normalized spacial score (nSPS) is 14.8. The second-order valence-electron chi connectivity index (χ2n) is 5.41. The Kier molecular flexibility index (Phi) is 5.18.